The third-order valence-corrected chi connectivity index (χ3v) is 5.05. The van der Waals surface area contributed by atoms with Crippen molar-refractivity contribution in [2.45, 2.75) is 92.2 Å². The zero-order valence-corrected chi connectivity index (χ0v) is 26.5. The van der Waals surface area contributed by atoms with Crippen molar-refractivity contribution in [2.75, 3.05) is 32.0 Å². The predicted octanol–water partition coefficient (Wildman–Crippen LogP) is 3.31. The molecule has 0 aliphatic carbocycles. The summed E-state index contributed by atoms with van der Waals surface area (Å²) in [6.45, 7) is 11.8. The first-order chi connectivity index (χ1) is 20.2. The molecule has 0 spiro atoms. The maximum atomic E-state index is 11.1. The van der Waals surface area contributed by atoms with Crippen LogP contribution >= 0.6 is 0 Å². The van der Waals surface area contributed by atoms with E-state index in [1.165, 1.54) is 23.5 Å². The minimum absolute atomic E-state index is 0.0291. The number of hydrogen-bond acceptors (Lipinski definition) is 8. The Hall–Kier alpha value is -3.41. The second kappa shape index (κ2) is 32.1. The summed E-state index contributed by atoms with van der Waals surface area (Å²) in [6.07, 6.45) is 10.3. The second-order valence-electron chi connectivity index (χ2n) is 8.93. The number of hydrogen-bond donors (Lipinski definition) is 5. The molecule has 0 fully saturated rings. The number of aldehydes is 1. The summed E-state index contributed by atoms with van der Waals surface area (Å²) < 4.78 is 0. The monoisotopic (exact) mass is 593 g/mol. The molecular formula is C31H55N5O6. The van der Waals surface area contributed by atoms with Crippen molar-refractivity contribution in [1.29, 1.82) is 0 Å². The lowest BCUT2D eigenvalue weighted by atomic mass is 10.2. The molecule has 42 heavy (non-hydrogen) atoms. The Bertz CT molecular complexity index is 844. The number of nitrogens with zero attached hydrogens (tertiary/aromatic N) is 1. The lowest BCUT2D eigenvalue weighted by molar-refractivity contribution is -0.137. The van der Waals surface area contributed by atoms with E-state index in [9.17, 15) is 24.0 Å². The molecule has 1 aliphatic heterocycles. The molecule has 1 unspecified atom stereocenters. The number of benzene rings is 1. The molecule has 6 N–H and O–H groups in total. The van der Waals surface area contributed by atoms with Crippen LogP contribution in [0.1, 0.15) is 85.1 Å². The summed E-state index contributed by atoms with van der Waals surface area (Å²) in [5.74, 6) is -0.419. The van der Waals surface area contributed by atoms with Crippen molar-refractivity contribution in [3.05, 3.63) is 42.0 Å². The molecule has 1 aliphatic rings. The highest BCUT2D eigenvalue weighted by atomic mass is 16.3. The van der Waals surface area contributed by atoms with Gasteiger partial charge in [-0.25, -0.2) is 0 Å². The molecule has 0 saturated heterocycles. The number of carbonyl (C=O) groups excluding carboxylic acids is 5. The average Bonchev–Trinajstić information content (AvgIpc) is 3.31. The van der Waals surface area contributed by atoms with Gasteiger partial charge in [0.1, 0.15) is 6.29 Å². The van der Waals surface area contributed by atoms with Gasteiger partial charge in [0.2, 0.25) is 12.3 Å². The van der Waals surface area contributed by atoms with Crippen molar-refractivity contribution in [3.63, 3.8) is 0 Å². The Morgan fingerprint density at radius 2 is 1.57 bits per heavy atom. The van der Waals surface area contributed by atoms with E-state index < -0.39 is 0 Å². The van der Waals surface area contributed by atoms with E-state index in [1.54, 1.807) is 31.3 Å². The highest BCUT2D eigenvalue weighted by Crippen LogP contribution is 2.08. The third-order valence-electron chi connectivity index (χ3n) is 5.05. The number of likely N-dealkylation sites (N-methyl/N-ethyl adjacent to an activating group) is 1. The van der Waals surface area contributed by atoms with Crippen molar-refractivity contribution in [2.24, 2.45) is 5.73 Å². The van der Waals surface area contributed by atoms with Crippen molar-refractivity contribution in [3.8, 4) is 0 Å². The first kappa shape index (κ1) is 43.0. The van der Waals surface area contributed by atoms with Crippen LogP contribution in [0.25, 0.3) is 0 Å². The highest BCUT2D eigenvalue weighted by Gasteiger charge is 2.21. The number of aliphatic hydroxyl groups excluding tert-OH is 1. The number of amides is 4. The maximum absolute atomic E-state index is 11.1. The number of imide groups is 1. The van der Waals surface area contributed by atoms with E-state index in [1.807, 2.05) is 20.8 Å². The predicted molar refractivity (Wildman–Crippen MR) is 170 cm³/mol. The molecule has 1 heterocycles. The van der Waals surface area contributed by atoms with Crippen molar-refractivity contribution >= 4 is 36.1 Å². The second-order valence-corrected chi connectivity index (χ2v) is 8.93. The maximum Gasteiger partial charge on any atom is 0.253 e. The molecule has 240 valence electrons. The fraction of sp³-hybridized carbons (Fsp3) is 0.581. The lowest BCUT2D eigenvalue weighted by Gasteiger charge is -2.12. The standard InChI is InChI=1S/C10H13NO3.C8H19N3O.C8H9NO2.C3H8.C2H6/c12-8-4-2-1-3-7-11-9(13)5-6-10(11)14;1-7(4-3-5-9)11-8(12)6-10-2;10-5-7-1-3-8(4-2-7)9-6-11;1-3-2;1-2/h5-6,8H,1-4,7H2;7,10H,3-6,9H2,1-2H3,(H,11,12);1-4,6,10H,5H2,(H,9,11);3H2,1-2H3;1-2H3. The van der Waals surface area contributed by atoms with Crippen LogP contribution in [-0.4, -0.2) is 73.1 Å². The van der Waals surface area contributed by atoms with E-state index >= 15 is 0 Å². The summed E-state index contributed by atoms with van der Waals surface area (Å²) in [7, 11) is 1.75. The number of nitrogens with one attached hydrogen (secondary N) is 3. The minimum atomic E-state index is -0.231. The normalized spacial score (nSPS) is 11.7. The van der Waals surface area contributed by atoms with E-state index in [0.29, 0.717) is 32.5 Å². The van der Waals surface area contributed by atoms with Gasteiger partial charge in [0.25, 0.3) is 11.8 Å². The van der Waals surface area contributed by atoms with Crippen LogP contribution < -0.4 is 21.7 Å². The zero-order valence-electron chi connectivity index (χ0n) is 26.5. The highest BCUT2D eigenvalue weighted by molar-refractivity contribution is 6.12. The Balaban J connectivity index is -0.000000506. The lowest BCUT2D eigenvalue weighted by Crippen LogP contribution is -2.38. The van der Waals surface area contributed by atoms with Gasteiger partial charge in [0.15, 0.2) is 0 Å². The average molecular weight is 594 g/mol. The van der Waals surface area contributed by atoms with Crippen LogP contribution in [0.15, 0.2) is 36.4 Å². The molecule has 0 radical (unpaired) electrons. The fourth-order valence-electron chi connectivity index (χ4n) is 3.08. The van der Waals surface area contributed by atoms with E-state index in [4.69, 9.17) is 10.8 Å². The van der Waals surface area contributed by atoms with Crippen LogP contribution in [0, 0.1) is 0 Å². The molecule has 0 saturated carbocycles. The first-order valence-electron chi connectivity index (χ1n) is 14.7. The largest absolute Gasteiger partial charge is 0.392 e. The van der Waals surface area contributed by atoms with Crippen LogP contribution in [0.3, 0.4) is 0 Å². The Kier molecular flexibility index (Phi) is 32.9. The van der Waals surface area contributed by atoms with Gasteiger partial charge >= 0.3 is 0 Å². The number of nitrogens with two attached hydrogens (primary N) is 1. The number of unbranched alkanes of at least 4 members (excludes halogenated alkanes) is 3. The first-order valence-corrected chi connectivity index (χ1v) is 14.7. The number of rotatable bonds is 15. The van der Waals surface area contributed by atoms with Gasteiger partial charge in [0.05, 0.1) is 13.2 Å². The van der Waals surface area contributed by atoms with Crippen LogP contribution in [0.4, 0.5) is 5.69 Å². The van der Waals surface area contributed by atoms with E-state index in [2.05, 4.69) is 29.8 Å². The van der Waals surface area contributed by atoms with Gasteiger partial charge in [-0.2, -0.15) is 0 Å². The van der Waals surface area contributed by atoms with Gasteiger partial charge < -0.3 is 31.6 Å². The molecular weight excluding hydrogens is 538 g/mol. The van der Waals surface area contributed by atoms with Gasteiger partial charge in [-0.15, -0.1) is 0 Å². The topological polar surface area (TPSA) is 171 Å². The molecule has 1 aromatic carbocycles. The Morgan fingerprint density at radius 3 is 2.02 bits per heavy atom. The van der Waals surface area contributed by atoms with Gasteiger partial charge in [0, 0.05) is 36.8 Å². The number of aliphatic hydroxyl groups is 1. The number of anilines is 1. The Morgan fingerprint density at radius 1 is 1.00 bits per heavy atom. The van der Waals surface area contributed by atoms with Crippen LogP contribution in [0.5, 0.6) is 0 Å². The van der Waals surface area contributed by atoms with Crippen molar-refractivity contribution in [1.82, 2.24) is 15.5 Å². The molecule has 4 amide bonds. The Labute approximate surface area is 252 Å². The molecule has 11 nitrogen and oxygen atoms in total. The fourth-order valence-corrected chi connectivity index (χ4v) is 3.08. The summed E-state index contributed by atoms with van der Waals surface area (Å²) in [5, 5.41) is 16.8. The van der Waals surface area contributed by atoms with Crippen LogP contribution in [-0.2, 0) is 30.6 Å². The molecule has 0 bridgehead atoms. The van der Waals surface area contributed by atoms with Gasteiger partial charge in [-0.1, -0.05) is 52.7 Å². The SMILES string of the molecule is CC.CCC.CNCC(=O)NC(C)CCCN.O=CCCCCCN1C(=O)C=CC1=O.O=CNc1ccc(CO)cc1. The van der Waals surface area contributed by atoms with Crippen molar-refractivity contribution < 1.29 is 29.1 Å². The van der Waals surface area contributed by atoms with Gasteiger partial charge in [-0.3, -0.25) is 24.1 Å². The number of carbonyl (C=O) groups is 5. The molecule has 2 rings (SSSR count). The molecule has 1 atom stereocenters. The molecule has 0 aromatic heterocycles. The summed E-state index contributed by atoms with van der Waals surface area (Å²) in [5.41, 5.74) is 6.91. The zero-order chi connectivity index (χ0) is 32.6. The quantitative estimate of drug-likeness (QED) is 0.117. The third kappa shape index (κ3) is 25.6. The summed E-state index contributed by atoms with van der Waals surface area (Å²) in [6, 6.07) is 7.21. The smallest absolute Gasteiger partial charge is 0.253 e. The van der Waals surface area contributed by atoms with Crippen LogP contribution in [0.2, 0.25) is 0 Å². The van der Waals surface area contributed by atoms with Gasteiger partial charge in [-0.05, 0) is 63.9 Å². The minimum Gasteiger partial charge on any atom is -0.392 e. The molecule has 11 heteroatoms. The summed E-state index contributed by atoms with van der Waals surface area (Å²) in [4.78, 5) is 54.3. The van der Waals surface area contributed by atoms with E-state index in [-0.39, 0.29) is 30.4 Å². The summed E-state index contributed by atoms with van der Waals surface area (Å²) >= 11 is 0. The van der Waals surface area contributed by atoms with E-state index in [0.717, 1.165) is 49.6 Å². The molecule has 1 aromatic rings.